The van der Waals surface area contributed by atoms with Gasteiger partial charge in [0.05, 0.1) is 5.69 Å². The molecule has 0 aliphatic heterocycles. The molecule has 4 aromatic rings. The average molecular weight is 458 g/mol. The minimum Gasteiger partial charge on any atom is -0.434 e. The van der Waals surface area contributed by atoms with E-state index in [1.165, 1.54) is 35.0 Å². The smallest absolute Gasteiger partial charge is 0.278 e. The van der Waals surface area contributed by atoms with Crippen molar-refractivity contribution in [3.05, 3.63) is 76.8 Å². The lowest BCUT2D eigenvalue weighted by molar-refractivity contribution is 0.102. The maximum absolute atomic E-state index is 14.5. The summed E-state index contributed by atoms with van der Waals surface area (Å²) < 4.78 is 35.1. The van der Waals surface area contributed by atoms with Crippen LogP contribution in [0.4, 0.5) is 20.3 Å². The SMILES string of the molecule is Cc1c(C(=O)Nc2ccc(Oc3ncnc(N)c3Cl)c(F)c2)nnn1-c1ccccc1F. The molecule has 9 nitrogen and oxygen atoms in total. The number of nitrogens with one attached hydrogen (secondary N) is 1. The van der Waals surface area contributed by atoms with Crippen molar-refractivity contribution in [1.29, 1.82) is 0 Å². The molecule has 12 heteroatoms. The second kappa shape index (κ2) is 8.55. The largest absolute Gasteiger partial charge is 0.434 e. The van der Waals surface area contributed by atoms with Gasteiger partial charge in [-0.25, -0.2) is 18.4 Å². The molecule has 0 aliphatic carbocycles. The van der Waals surface area contributed by atoms with E-state index in [0.29, 0.717) is 5.69 Å². The summed E-state index contributed by atoms with van der Waals surface area (Å²) in [6, 6.07) is 9.68. The lowest BCUT2D eigenvalue weighted by Crippen LogP contribution is -2.14. The van der Waals surface area contributed by atoms with Crippen LogP contribution in [-0.4, -0.2) is 30.9 Å². The van der Waals surface area contributed by atoms with E-state index in [9.17, 15) is 13.6 Å². The first-order chi connectivity index (χ1) is 15.3. The highest BCUT2D eigenvalue weighted by atomic mass is 35.5. The van der Waals surface area contributed by atoms with E-state index in [1.54, 1.807) is 13.0 Å². The van der Waals surface area contributed by atoms with Gasteiger partial charge in [-0.1, -0.05) is 28.9 Å². The number of aromatic nitrogens is 5. The maximum atomic E-state index is 14.5. The summed E-state index contributed by atoms with van der Waals surface area (Å²) >= 11 is 5.94. The molecule has 0 spiro atoms. The molecule has 0 saturated carbocycles. The van der Waals surface area contributed by atoms with Gasteiger partial charge in [0.15, 0.2) is 17.3 Å². The Hall–Kier alpha value is -4.12. The molecule has 2 aromatic heterocycles. The first-order valence-electron chi connectivity index (χ1n) is 9.07. The van der Waals surface area contributed by atoms with E-state index in [4.69, 9.17) is 22.1 Å². The van der Waals surface area contributed by atoms with Crippen LogP contribution in [0.2, 0.25) is 5.02 Å². The van der Waals surface area contributed by atoms with Crippen LogP contribution in [0.15, 0.2) is 48.8 Å². The number of hydrogen-bond donors (Lipinski definition) is 2. The molecule has 0 bridgehead atoms. The van der Waals surface area contributed by atoms with E-state index >= 15 is 0 Å². The topological polar surface area (TPSA) is 121 Å². The van der Waals surface area contributed by atoms with E-state index in [1.807, 2.05) is 0 Å². The number of nitrogen functional groups attached to an aromatic ring is 1. The summed E-state index contributed by atoms with van der Waals surface area (Å²) in [6.07, 6.45) is 1.12. The summed E-state index contributed by atoms with van der Waals surface area (Å²) in [5, 5.41) is 10.1. The quantitative estimate of drug-likeness (QED) is 0.465. The maximum Gasteiger partial charge on any atom is 0.278 e. The normalized spacial score (nSPS) is 10.8. The Balaban J connectivity index is 1.53. The van der Waals surface area contributed by atoms with Crippen LogP contribution >= 0.6 is 11.6 Å². The summed E-state index contributed by atoms with van der Waals surface area (Å²) in [5.74, 6) is -2.28. The molecule has 0 unspecified atom stereocenters. The second-order valence-corrected chi connectivity index (χ2v) is 6.84. The third-order valence-corrected chi connectivity index (χ3v) is 4.73. The fourth-order valence-corrected chi connectivity index (χ4v) is 2.92. The number of para-hydroxylation sites is 1. The first kappa shape index (κ1) is 21.1. The number of carbonyl (C=O) groups is 1. The number of ether oxygens (including phenoxy) is 1. The van der Waals surface area contributed by atoms with Crippen molar-refractivity contribution < 1.29 is 18.3 Å². The van der Waals surface area contributed by atoms with Crippen molar-refractivity contribution >= 4 is 29.0 Å². The van der Waals surface area contributed by atoms with Crippen LogP contribution in [0.5, 0.6) is 11.6 Å². The molecule has 162 valence electrons. The van der Waals surface area contributed by atoms with Crippen molar-refractivity contribution in [3.63, 3.8) is 0 Å². The Bertz CT molecular complexity index is 1330. The highest BCUT2D eigenvalue weighted by Gasteiger charge is 2.20. The molecule has 32 heavy (non-hydrogen) atoms. The number of carbonyl (C=O) groups excluding carboxylic acids is 1. The number of rotatable bonds is 5. The Labute approximate surface area is 184 Å². The Kier molecular flexibility index (Phi) is 5.65. The third kappa shape index (κ3) is 4.05. The molecule has 0 saturated heterocycles. The fourth-order valence-electron chi connectivity index (χ4n) is 2.78. The minimum absolute atomic E-state index is 0.0141. The van der Waals surface area contributed by atoms with Gasteiger partial charge in [-0.15, -0.1) is 5.10 Å². The number of amides is 1. The van der Waals surface area contributed by atoms with Gasteiger partial charge in [-0.05, 0) is 31.2 Å². The predicted octanol–water partition coefficient (Wildman–Crippen LogP) is 3.92. The zero-order chi connectivity index (χ0) is 22.8. The van der Waals surface area contributed by atoms with Gasteiger partial charge in [-0.3, -0.25) is 4.79 Å². The summed E-state index contributed by atoms with van der Waals surface area (Å²) in [5.41, 5.74) is 6.11. The molecule has 4 rings (SSSR count). The van der Waals surface area contributed by atoms with Crippen LogP contribution in [0.25, 0.3) is 5.69 Å². The summed E-state index contributed by atoms with van der Waals surface area (Å²) in [7, 11) is 0. The van der Waals surface area contributed by atoms with Crippen molar-refractivity contribution in [2.45, 2.75) is 6.92 Å². The van der Waals surface area contributed by atoms with Gasteiger partial charge < -0.3 is 15.8 Å². The molecule has 2 aromatic carbocycles. The highest BCUT2D eigenvalue weighted by molar-refractivity contribution is 6.34. The lowest BCUT2D eigenvalue weighted by Gasteiger charge is -2.10. The molecule has 1 amide bonds. The van der Waals surface area contributed by atoms with E-state index in [-0.39, 0.29) is 39.5 Å². The van der Waals surface area contributed by atoms with E-state index in [2.05, 4.69) is 25.6 Å². The fraction of sp³-hybridized carbons (Fsp3) is 0.0500. The standard InChI is InChI=1S/C20H14ClF2N7O2/c1-10-17(28-29-30(10)14-5-3-2-4-12(14)22)19(31)27-11-6-7-15(13(23)8-11)32-20-16(21)18(24)25-9-26-20/h2-9H,1H3,(H,27,31)(H2,24,25,26). The summed E-state index contributed by atoms with van der Waals surface area (Å²) in [4.78, 5) is 20.1. The monoisotopic (exact) mass is 457 g/mol. The summed E-state index contributed by atoms with van der Waals surface area (Å²) in [6.45, 7) is 1.57. The van der Waals surface area contributed by atoms with Gasteiger partial charge >= 0.3 is 0 Å². The lowest BCUT2D eigenvalue weighted by atomic mass is 10.2. The molecule has 0 aliphatic rings. The second-order valence-electron chi connectivity index (χ2n) is 6.47. The highest BCUT2D eigenvalue weighted by Crippen LogP contribution is 2.32. The van der Waals surface area contributed by atoms with Gasteiger partial charge in [0.1, 0.15) is 28.7 Å². The van der Waals surface area contributed by atoms with Crippen LogP contribution < -0.4 is 15.8 Å². The molecule has 0 radical (unpaired) electrons. The van der Waals surface area contributed by atoms with Crippen LogP contribution in [-0.2, 0) is 0 Å². The van der Waals surface area contributed by atoms with Crippen LogP contribution in [0.1, 0.15) is 16.2 Å². The zero-order valence-corrected chi connectivity index (χ0v) is 17.1. The molecule has 3 N–H and O–H groups in total. The average Bonchev–Trinajstić information content (AvgIpc) is 3.15. The molecule has 0 fully saturated rings. The first-order valence-corrected chi connectivity index (χ1v) is 9.45. The van der Waals surface area contributed by atoms with E-state index < -0.39 is 17.5 Å². The van der Waals surface area contributed by atoms with Crippen LogP contribution in [0, 0.1) is 18.6 Å². The third-order valence-electron chi connectivity index (χ3n) is 4.37. The van der Waals surface area contributed by atoms with Crippen molar-refractivity contribution in [2.24, 2.45) is 0 Å². The Morgan fingerprint density at radius 3 is 2.69 bits per heavy atom. The van der Waals surface area contributed by atoms with Crippen molar-refractivity contribution in [1.82, 2.24) is 25.0 Å². The Morgan fingerprint density at radius 2 is 1.94 bits per heavy atom. The molecular weight excluding hydrogens is 444 g/mol. The van der Waals surface area contributed by atoms with Crippen LogP contribution in [0.3, 0.4) is 0 Å². The number of anilines is 2. The van der Waals surface area contributed by atoms with Crippen molar-refractivity contribution in [3.8, 4) is 17.3 Å². The molecule has 2 heterocycles. The number of nitrogens with two attached hydrogens (primary N) is 1. The van der Waals surface area contributed by atoms with Gasteiger partial charge in [0.2, 0.25) is 5.88 Å². The van der Waals surface area contributed by atoms with Gasteiger partial charge in [-0.2, -0.15) is 4.98 Å². The Morgan fingerprint density at radius 1 is 1.16 bits per heavy atom. The minimum atomic E-state index is -0.789. The molecular formula is C20H14ClF2N7O2. The molecule has 0 atom stereocenters. The number of halogens is 3. The number of hydrogen-bond acceptors (Lipinski definition) is 7. The van der Waals surface area contributed by atoms with Crippen molar-refractivity contribution in [2.75, 3.05) is 11.1 Å². The van der Waals surface area contributed by atoms with Gasteiger partial charge in [0.25, 0.3) is 5.91 Å². The number of benzene rings is 2. The predicted molar refractivity (Wildman–Crippen MR) is 112 cm³/mol. The zero-order valence-electron chi connectivity index (χ0n) is 16.4. The van der Waals surface area contributed by atoms with Gasteiger partial charge in [0, 0.05) is 11.8 Å². The number of nitrogens with zero attached hydrogens (tertiary/aromatic N) is 5. The van der Waals surface area contributed by atoms with E-state index in [0.717, 1.165) is 12.4 Å².